The fourth-order valence-corrected chi connectivity index (χ4v) is 2.47. The number of nitrogens with two attached hydrogens (primary N) is 2. The number of aromatic nitrogens is 1. The van der Waals surface area contributed by atoms with E-state index in [-0.39, 0.29) is 12.1 Å². The number of ether oxygens (including phenoxy) is 1. The predicted molar refractivity (Wildman–Crippen MR) is 87.7 cm³/mol. The Labute approximate surface area is 131 Å². The Hall–Kier alpha value is -2.18. The summed E-state index contributed by atoms with van der Waals surface area (Å²) < 4.78 is 5.44. The maximum absolute atomic E-state index is 12.2. The van der Waals surface area contributed by atoms with Crippen LogP contribution >= 0.6 is 0 Å². The molecule has 0 radical (unpaired) electrons. The third kappa shape index (κ3) is 3.52. The predicted octanol–water partition coefficient (Wildman–Crippen LogP) is 1.69. The standard InChI is InChI=1S/C15H25N5O2/c1-10-9-19(13-12(17)11(16)5-6-18-13)7-8-20(10)14(21)22-15(2,3)4/h5-6,10H,7-9,17H2,1-4H3,(H2,16,18). The molecule has 2 rings (SSSR count). The van der Waals surface area contributed by atoms with Crippen molar-refractivity contribution in [1.82, 2.24) is 9.88 Å². The highest BCUT2D eigenvalue weighted by atomic mass is 16.6. The van der Waals surface area contributed by atoms with Crippen molar-refractivity contribution in [2.45, 2.75) is 39.3 Å². The van der Waals surface area contributed by atoms with Gasteiger partial charge in [0.05, 0.1) is 11.4 Å². The second kappa shape index (κ2) is 5.90. The average molecular weight is 307 g/mol. The number of hydrogen-bond donors (Lipinski definition) is 2. The lowest BCUT2D eigenvalue weighted by molar-refractivity contribution is 0.0159. The summed E-state index contributed by atoms with van der Waals surface area (Å²) in [6, 6.07) is 1.69. The van der Waals surface area contributed by atoms with Crippen LogP contribution in [0.2, 0.25) is 0 Å². The number of piperazine rings is 1. The smallest absolute Gasteiger partial charge is 0.410 e. The number of nitrogen functional groups attached to an aromatic ring is 2. The lowest BCUT2D eigenvalue weighted by Gasteiger charge is -2.41. The molecule has 1 amide bonds. The summed E-state index contributed by atoms with van der Waals surface area (Å²) in [5, 5.41) is 0. The Morgan fingerprint density at radius 3 is 2.64 bits per heavy atom. The van der Waals surface area contributed by atoms with Crippen molar-refractivity contribution in [1.29, 1.82) is 0 Å². The zero-order valence-electron chi connectivity index (χ0n) is 13.7. The van der Waals surface area contributed by atoms with Crippen molar-refractivity contribution in [3.63, 3.8) is 0 Å². The molecular formula is C15H25N5O2. The van der Waals surface area contributed by atoms with Crippen LogP contribution in [0.5, 0.6) is 0 Å². The minimum atomic E-state index is -0.492. The number of rotatable bonds is 1. The molecule has 1 fully saturated rings. The van der Waals surface area contributed by atoms with Crippen LogP contribution in [-0.2, 0) is 4.74 Å². The van der Waals surface area contributed by atoms with Gasteiger partial charge in [-0.15, -0.1) is 0 Å². The van der Waals surface area contributed by atoms with Gasteiger partial charge in [0.1, 0.15) is 5.60 Å². The summed E-state index contributed by atoms with van der Waals surface area (Å²) in [7, 11) is 0. The molecule has 0 bridgehead atoms. The third-order valence-electron chi connectivity index (χ3n) is 3.56. The highest BCUT2D eigenvalue weighted by molar-refractivity contribution is 5.76. The summed E-state index contributed by atoms with van der Waals surface area (Å²) in [5.41, 5.74) is 12.3. The third-order valence-corrected chi connectivity index (χ3v) is 3.56. The molecule has 1 aliphatic rings. The number of pyridine rings is 1. The first-order valence-electron chi connectivity index (χ1n) is 7.43. The van der Waals surface area contributed by atoms with Gasteiger partial charge in [0, 0.05) is 31.9 Å². The van der Waals surface area contributed by atoms with E-state index < -0.39 is 5.60 Å². The van der Waals surface area contributed by atoms with Crippen molar-refractivity contribution < 1.29 is 9.53 Å². The number of amides is 1. The number of hydrogen-bond acceptors (Lipinski definition) is 6. The van der Waals surface area contributed by atoms with Crippen LogP contribution in [0.15, 0.2) is 12.3 Å². The fourth-order valence-electron chi connectivity index (χ4n) is 2.47. The van der Waals surface area contributed by atoms with E-state index in [4.69, 9.17) is 16.2 Å². The lowest BCUT2D eigenvalue weighted by Crippen LogP contribution is -2.55. The van der Waals surface area contributed by atoms with Crippen molar-refractivity contribution in [3.8, 4) is 0 Å². The van der Waals surface area contributed by atoms with Crippen LogP contribution in [0.4, 0.5) is 22.0 Å². The van der Waals surface area contributed by atoms with Crippen LogP contribution in [-0.4, -0.2) is 47.3 Å². The van der Waals surface area contributed by atoms with E-state index in [1.54, 1.807) is 17.2 Å². The minimum absolute atomic E-state index is 0.00577. The maximum atomic E-state index is 12.2. The Morgan fingerprint density at radius 2 is 2.05 bits per heavy atom. The van der Waals surface area contributed by atoms with Crippen LogP contribution in [0.3, 0.4) is 0 Å². The van der Waals surface area contributed by atoms with Gasteiger partial charge in [-0.05, 0) is 33.8 Å². The van der Waals surface area contributed by atoms with E-state index in [2.05, 4.69) is 9.88 Å². The molecule has 1 atom stereocenters. The first-order chi connectivity index (χ1) is 10.2. The SMILES string of the molecule is CC1CN(c2nccc(N)c2N)CCN1C(=O)OC(C)(C)C. The van der Waals surface area contributed by atoms with Gasteiger partial charge >= 0.3 is 6.09 Å². The number of carbonyl (C=O) groups excluding carboxylic acids is 1. The molecule has 1 aliphatic heterocycles. The van der Waals surface area contributed by atoms with E-state index >= 15 is 0 Å². The normalized spacial score (nSPS) is 19.2. The molecule has 122 valence electrons. The number of anilines is 3. The van der Waals surface area contributed by atoms with Crippen molar-refractivity contribution in [2.24, 2.45) is 0 Å². The Kier molecular flexibility index (Phi) is 4.35. The second-order valence-electron chi connectivity index (χ2n) is 6.61. The van der Waals surface area contributed by atoms with E-state index in [0.29, 0.717) is 36.8 Å². The van der Waals surface area contributed by atoms with E-state index in [1.165, 1.54) is 0 Å². The molecular weight excluding hydrogens is 282 g/mol. The summed E-state index contributed by atoms with van der Waals surface area (Å²) in [6.07, 6.45) is 1.36. The molecule has 1 saturated heterocycles. The van der Waals surface area contributed by atoms with Crippen LogP contribution in [0, 0.1) is 0 Å². The Bertz CT molecular complexity index is 555. The van der Waals surface area contributed by atoms with E-state index in [9.17, 15) is 4.79 Å². The Morgan fingerprint density at radius 1 is 1.36 bits per heavy atom. The summed E-state index contributed by atoms with van der Waals surface area (Å²) in [5.74, 6) is 0.677. The van der Waals surface area contributed by atoms with Crippen LogP contribution in [0.1, 0.15) is 27.7 Å². The largest absolute Gasteiger partial charge is 0.444 e. The minimum Gasteiger partial charge on any atom is -0.444 e. The van der Waals surface area contributed by atoms with Gasteiger partial charge in [-0.1, -0.05) is 0 Å². The first-order valence-corrected chi connectivity index (χ1v) is 7.43. The average Bonchev–Trinajstić information content (AvgIpc) is 2.39. The zero-order valence-corrected chi connectivity index (χ0v) is 13.7. The summed E-state index contributed by atoms with van der Waals surface area (Å²) in [4.78, 5) is 20.3. The van der Waals surface area contributed by atoms with Crippen molar-refractivity contribution in [3.05, 3.63) is 12.3 Å². The van der Waals surface area contributed by atoms with Gasteiger partial charge in [-0.2, -0.15) is 0 Å². The second-order valence-corrected chi connectivity index (χ2v) is 6.61. The van der Waals surface area contributed by atoms with E-state index in [0.717, 1.165) is 0 Å². The van der Waals surface area contributed by atoms with Gasteiger partial charge in [0.15, 0.2) is 5.82 Å². The maximum Gasteiger partial charge on any atom is 0.410 e. The molecule has 0 saturated carbocycles. The lowest BCUT2D eigenvalue weighted by atomic mass is 10.2. The molecule has 2 heterocycles. The van der Waals surface area contributed by atoms with Crippen molar-refractivity contribution >= 4 is 23.3 Å². The topological polar surface area (TPSA) is 97.7 Å². The van der Waals surface area contributed by atoms with Crippen LogP contribution < -0.4 is 16.4 Å². The van der Waals surface area contributed by atoms with Gasteiger partial charge in [-0.25, -0.2) is 9.78 Å². The van der Waals surface area contributed by atoms with Gasteiger partial charge in [0.25, 0.3) is 0 Å². The first kappa shape index (κ1) is 16.2. The molecule has 4 N–H and O–H groups in total. The monoisotopic (exact) mass is 307 g/mol. The molecule has 1 aromatic heterocycles. The highest BCUT2D eigenvalue weighted by Crippen LogP contribution is 2.27. The zero-order chi connectivity index (χ0) is 16.5. The number of carbonyl (C=O) groups is 1. The number of nitrogens with zero attached hydrogens (tertiary/aromatic N) is 3. The molecule has 0 aromatic carbocycles. The quantitative estimate of drug-likeness (QED) is 0.819. The highest BCUT2D eigenvalue weighted by Gasteiger charge is 2.31. The summed E-state index contributed by atoms with van der Waals surface area (Å²) in [6.45, 7) is 9.42. The van der Waals surface area contributed by atoms with Gasteiger partial charge in [0.2, 0.25) is 0 Å². The van der Waals surface area contributed by atoms with Gasteiger partial charge in [-0.3, -0.25) is 0 Å². The van der Waals surface area contributed by atoms with Gasteiger partial charge < -0.3 is 26.0 Å². The molecule has 7 heteroatoms. The summed E-state index contributed by atoms with van der Waals surface area (Å²) >= 11 is 0. The molecule has 1 aromatic rings. The molecule has 0 spiro atoms. The van der Waals surface area contributed by atoms with Crippen molar-refractivity contribution in [2.75, 3.05) is 36.0 Å². The molecule has 7 nitrogen and oxygen atoms in total. The van der Waals surface area contributed by atoms with E-state index in [1.807, 2.05) is 27.7 Å². The van der Waals surface area contributed by atoms with Crippen LogP contribution in [0.25, 0.3) is 0 Å². The molecule has 22 heavy (non-hydrogen) atoms. The fraction of sp³-hybridized carbons (Fsp3) is 0.600. The molecule has 1 unspecified atom stereocenters. The molecule has 0 aliphatic carbocycles. The Balaban J connectivity index is 2.07.